The monoisotopic (exact) mass is 401 g/mol. The molecule has 1 aliphatic rings. The van der Waals surface area contributed by atoms with Crippen molar-refractivity contribution in [3.8, 4) is 0 Å². The van der Waals surface area contributed by atoms with Gasteiger partial charge in [-0.3, -0.25) is 0 Å². The van der Waals surface area contributed by atoms with Gasteiger partial charge >= 0.3 is 6.03 Å². The predicted octanol–water partition coefficient (Wildman–Crippen LogP) is 4.53. The number of nitrogens with one attached hydrogen (secondary N) is 1. The maximum atomic E-state index is 12.6. The van der Waals surface area contributed by atoms with Gasteiger partial charge in [-0.15, -0.1) is 0 Å². The molecule has 0 spiro atoms. The van der Waals surface area contributed by atoms with Crippen LogP contribution in [0.2, 0.25) is 5.02 Å². The Hall–Kier alpha value is -2.34. The van der Waals surface area contributed by atoms with E-state index >= 15 is 0 Å². The number of benzene rings is 1. The van der Waals surface area contributed by atoms with Crippen LogP contribution in [0.15, 0.2) is 18.2 Å². The van der Waals surface area contributed by atoms with E-state index in [4.69, 9.17) is 16.6 Å². The third kappa shape index (κ3) is 4.38. The number of carbonyl (C=O) groups is 1. The molecule has 0 bridgehead atoms. The zero-order valence-electron chi connectivity index (χ0n) is 17.2. The number of nitrogens with zero attached hydrogens (tertiary/aromatic N) is 4. The van der Waals surface area contributed by atoms with Crippen molar-refractivity contribution in [3.63, 3.8) is 0 Å². The van der Waals surface area contributed by atoms with Crippen LogP contribution in [0.3, 0.4) is 0 Å². The number of amides is 2. The van der Waals surface area contributed by atoms with Crippen LogP contribution in [0.4, 0.5) is 16.3 Å². The van der Waals surface area contributed by atoms with Gasteiger partial charge in [0.1, 0.15) is 11.6 Å². The summed E-state index contributed by atoms with van der Waals surface area (Å²) in [6.07, 6.45) is 0. The Bertz CT molecular complexity index is 875. The zero-order chi connectivity index (χ0) is 20.4. The largest absolute Gasteiger partial charge is 0.353 e. The van der Waals surface area contributed by atoms with Crippen LogP contribution >= 0.6 is 11.6 Å². The molecule has 6 nitrogen and oxygen atoms in total. The Labute approximate surface area is 171 Å². The minimum Gasteiger partial charge on any atom is -0.353 e. The number of rotatable bonds is 3. The molecular formula is C21H28ClN5O. The molecule has 2 aromatic rings. The molecule has 1 aromatic heterocycles. The van der Waals surface area contributed by atoms with Gasteiger partial charge in [0.05, 0.1) is 0 Å². The molecule has 0 saturated carbocycles. The highest BCUT2D eigenvalue weighted by Gasteiger charge is 2.25. The lowest BCUT2D eigenvalue weighted by Crippen LogP contribution is -2.50. The summed E-state index contributed by atoms with van der Waals surface area (Å²) in [6.45, 7) is 13.0. The molecule has 150 valence electrons. The quantitative estimate of drug-likeness (QED) is 0.820. The molecule has 0 aliphatic carbocycles. The fraction of sp³-hybridized carbons (Fsp3) is 0.476. The maximum absolute atomic E-state index is 12.6. The Kier molecular flexibility index (Phi) is 6.08. The lowest BCUT2D eigenvalue weighted by Gasteiger charge is -2.36. The van der Waals surface area contributed by atoms with E-state index in [9.17, 15) is 4.79 Å². The number of anilines is 2. The van der Waals surface area contributed by atoms with Gasteiger partial charge in [0, 0.05) is 48.1 Å². The summed E-state index contributed by atoms with van der Waals surface area (Å²) < 4.78 is 0. The third-order valence-corrected chi connectivity index (χ3v) is 5.50. The second-order valence-electron chi connectivity index (χ2n) is 7.62. The predicted molar refractivity (Wildman–Crippen MR) is 115 cm³/mol. The number of carbonyl (C=O) groups excluding carboxylic acids is 1. The van der Waals surface area contributed by atoms with Crippen LogP contribution in [0.5, 0.6) is 0 Å². The summed E-state index contributed by atoms with van der Waals surface area (Å²) in [5, 5.41) is 3.59. The molecule has 2 heterocycles. The minimum absolute atomic E-state index is 0.0984. The van der Waals surface area contributed by atoms with E-state index < -0.39 is 0 Å². The van der Waals surface area contributed by atoms with E-state index in [0.717, 1.165) is 36.0 Å². The standard InChI is InChI=1S/C21H28ClN5O/c1-13(2)19-15(4)23-16(5)24-20(19)26-8-10-27(11-9-26)21(28)25-17-7-6-14(3)18(22)12-17/h6-7,12-13H,8-11H2,1-5H3,(H,25,28). The normalized spacial score (nSPS) is 14.5. The SMILES string of the molecule is Cc1nc(C)c(C(C)C)c(N2CCN(C(=O)Nc3ccc(C)c(Cl)c3)CC2)n1. The summed E-state index contributed by atoms with van der Waals surface area (Å²) in [5.41, 5.74) is 3.93. The summed E-state index contributed by atoms with van der Waals surface area (Å²) in [7, 11) is 0. The molecule has 3 rings (SSSR count). The fourth-order valence-electron chi connectivity index (χ4n) is 3.61. The van der Waals surface area contributed by atoms with Crippen molar-refractivity contribution in [2.75, 3.05) is 36.4 Å². The summed E-state index contributed by atoms with van der Waals surface area (Å²) >= 11 is 6.15. The number of piperazine rings is 1. The zero-order valence-corrected chi connectivity index (χ0v) is 18.0. The molecule has 0 atom stereocenters. The first-order valence-electron chi connectivity index (χ1n) is 9.68. The number of aryl methyl sites for hydroxylation is 3. The molecular weight excluding hydrogens is 374 g/mol. The first kappa shape index (κ1) is 20.4. The van der Waals surface area contributed by atoms with E-state index in [-0.39, 0.29) is 6.03 Å². The van der Waals surface area contributed by atoms with Gasteiger partial charge in [-0.2, -0.15) is 0 Å². The van der Waals surface area contributed by atoms with Crippen LogP contribution in [0.25, 0.3) is 0 Å². The van der Waals surface area contributed by atoms with Crippen molar-refractivity contribution >= 4 is 29.1 Å². The molecule has 1 N–H and O–H groups in total. The number of aromatic nitrogens is 2. The Morgan fingerprint density at radius 3 is 2.39 bits per heavy atom. The molecule has 1 fully saturated rings. The Morgan fingerprint density at radius 2 is 1.79 bits per heavy atom. The summed E-state index contributed by atoms with van der Waals surface area (Å²) in [5.74, 6) is 2.14. The van der Waals surface area contributed by atoms with Crippen molar-refractivity contribution in [1.82, 2.24) is 14.9 Å². The van der Waals surface area contributed by atoms with Crippen LogP contribution in [0.1, 0.15) is 42.4 Å². The van der Waals surface area contributed by atoms with Gasteiger partial charge < -0.3 is 15.1 Å². The number of hydrogen-bond acceptors (Lipinski definition) is 4. The Balaban J connectivity index is 1.67. The van der Waals surface area contributed by atoms with E-state index in [1.165, 1.54) is 5.56 Å². The number of hydrogen-bond donors (Lipinski definition) is 1. The van der Waals surface area contributed by atoms with Crippen molar-refractivity contribution < 1.29 is 4.79 Å². The molecule has 7 heteroatoms. The summed E-state index contributed by atoms with van der Waals surface area (Å²) in [6, 6.07) is 5.46. The van der Waals surface area contributed by atoms with Crippen molar-refractivity contribution in [3.05, 3.63) is 45.9 Å². The Morgan fingerprint density at radius 1 is 1.11 bits per heavy atom. The molecule has 0 radical (unpaired) electrons. The molecule has 0 unspecified atom stereocenters. The molecule has 1 saturated heterocycles. The first-order chi connectivity index (χ1) is 13.3. The third-order valence-electron chi connectivity index (χ3n) is 5.09. The van der Waals surface area contributed by atoms with Gasteiger partial charge in [0.15, 0.2) is 0 Å². The van der Waals surface area contributed by atoms with Crippen LogP contribution < -0.4 is 10.2 Å². The highest BCUT2D eigenvalue weighted by Crippen LogP contribution is 2.29. The lowest BCUT2D eigenvalue weighted by molar-refractivity contribution is 0.208. The maximum Gasteiger partial charge on any atom is 0.321 e. The van der Waals surface area contributed by atoms with Gasteiger partial charge in [0.25, 0.3) is 0 Å². The van der Waals surface area contributed by atoms with Crippen molar-refractivity contribution in [2.45, 2.75) is 40.5 Å². The second kappa shape index (κ2) is 8.35. The minimum atomic E-state index is -0.0984. The molecule has 1 aliphatic heterocycles. The average Bonchev–Trinajstić information content (AvgIpc) is 2.64. The van der Waals surface area contributed by atoms with Crippen LogP contribution in [-0.4, -0.2) is 47.1 Å². The van der Waals surface area contributed by atoms with Gasteiger partial charge in [-0.05, 0) is 44.4 Å². The smallest absolute Gasteiger partial charge is 0.321 e. The number of urea groups is 1. The van der Waals surface area contributed by atoms with Crippen molar-refractivity contribution in [1.29, 1.82) is 0 Å². The molecule has 28 heavy (non-hydrogen) atoms. The van der Waals surface area contributed by atoms with Gasteiger partial charge in [-0.1, -0.05) is 31.5 Å². The van der Waals surface area contributed by atoms with E-state index in [1.54, 1.807) is 6.07 Å². The van der Waals surface area contributed by atoms with Crippen LogP contribution in [-0.2, 0) is 0 Å². The molecule has 2 amide bonds. The molecule has 1 aromatic carbocycles. The first-order valence-corrected chi connectivity index (χ1v) is 10.1. The average molecular weight is 402 g/mol. The second-order valence-corrected chi connectivity index (χ2v) is 8.02. The summed E-state index contributed by atoms with van der Waals surface area (Å²) in [4.78, 5) is 26.0. The van der Waals surface area contributed by atoms with Gasteiger partial charge in [0.2, 0.25) is 0 Å². The van der Waals surface area contributed by atoms with Crippen LogP contribution in [0, 0.1) is 20.8 Å². The highest BCUT2D eigenvalue weighted by molar-refractivity contribution is 6.31. The van der Waals surface area contributed by atoms with E-state index in [0.29, 0.717) is 29.7 Å². The van der Waals surface area contributed by atoms with Crippen molar-refractivity contribution in [2.24, 2.45) is 0 Å². The van der Waals surface area contributed by atoms with E-state index in [1.807, 2.05) is 37.8 Å². The number of halogens is 1. The fourth-order valence-corrected chi connectivity index (χ4v) is 3.80. The van der Waals surface area contributed by atoms with Gasteiger partial charge in [-0.25, -0.2) is 14.8 Å². The lowest BCUT2D eigenvalue weighted by atomic mass is 10.0. The topological polar surface area (TPSA) is 61.4 Å². The highest BCUT2D eigenvalue weighted by atomic mass is 35.5. The van der Waals surface area contributed by atoms with E-state index in [2.05, 4.69) is 29.0 Å².